The predicted molar refractivity (Wildman–Crippen MR) is 48.8 cm³/mol. The van der Waals surface area contributed by atoms with Crippen LogP contribution in [0.15, 0.2) is 22.6 Å². The fourth-order valence-electron chi connectivity index (χ4n) is 0.919. The van der Waals surface area contributed by atoms with Crippen LogP contribution in [-0.2, 0) is 4.84 Å². The standard InChI is InChI=1S/C8H11NOS/c1-6(2)7-3-4-9-10-8(7)5-11/h3,6,11H,5H2,1-2H3. The summed E-state index contributed by atoms with van der Waals surface area (Å²) in [6.07, 6.45) is 1.85. The third kappa shape index (κ3) is 1.88. The van der Waals surface area contributed by atoms with Gasteiger partial charge in [-0.1, -0.05) is 13.8 Å². The van der Waals surface area contributed by atoms with E-state index in [0.717, 1.165) is 11.3 Å². The normalized spacial score (nSPS) is 16.0. The molecular formula is C8H11NOS. The minimum absolute atomic E-state index is 0.445. The Labute approximate surface area is 72.0 Å². The Balaban J connectivity index is 2.92. The number of nitrogens with zero attached hydrogens (tertiary/aromatic N) is 1. The van der Waals surface area contributed by atoms with Gasteiger partial charge in [-0.15, -0.1) is 0 Å². The van der Waals surface area contributed by atoms with Crippen molar-refractivity contribution in [3.63, 3.8) is 0 Å². The molecule has 1 rings (SSSR count). The minimum Gasteiger partial charge on any atom is -0.352 e. The molecule has 2 nitrogen and oxygen atoms in total. The number of hydrogen-bond acceptors (Lipinski definition) is 3. The smallest absolute Gasteiger partial charge is 0.149 e. The van der Waals surface area contributed by atoms with E-state index >= 15 is 0 Å². The van der Waals surface area contributed by atoms with Gasteiger partial charge in [-0.2, -0.15) is 12.6 Å². The van der Waals surface area contributed by atoms with Crippen molar-refractivity contribution < 1.29 is 4.84 Å². The van der Waals surface area contributed by atoms with Gasteiger partial charge in [0.05, 0.1) is 5.75 Å². The van der Waals surface area contributed by atoms with Crippen LogP contribution in [0.5, 0.6) is 0 Å². The van der Waals surface area contributed by atoms with Gasteiger partial charge in [-0.3, -0.25) is 0 Å². The molecule has 0 aromatic rings. The molecule has 0 radical (unpaired) electrons. The van der Waals surface area contributed by atoms with Gasteiger partial charge in [0.1, 0.15) is 5.76 Å². The van der Waals surface area contributed by atoms with Crippen molar-refractivity contribution in [2.24, 2.45) is 11.1 Å². The Kier molecular flexibility index (Phi) is 2.80. The van der Waals surface area contributed by atoms with Crippen molar-refractivity contribution in [1.82, 2.24) is 0 Å². The lowest BCUT2D eigenvalue weighted by molar-refractivity contribution is 0.226. The zero-order valence-corrected chi connectivity index (χ0v) is 7.56. The maximum Gasteiger partial charge on any atom is 0.149 e. The van der Waals surface area contributed by atoms with E-state index in [1.54, 1.807) is 0 Å². The SMILES string of the molecule is CC(C)C1=C(CS)ON=C=C1. The molecule has 0 aliphatic carbocycles. The Hall–Kier alpha value is -0.660. The molecule has 3 heteroatoms. The van der Waals surface area contributed by atoms with Crippen LogP contribution in [0.1, 0.15) is 13.8 Å². The van der Waals surface area contributed by atoms with Crippen molar-refractivity contribution in [1.29, 1.82) is 0 Å². The molecule has 0 saturated carbocycles. The summed E-state index contributed by atoms with van der Waals surface area (Å²) in [5.41, 5.74) is 1.13. The average molecular weight is 169 g/mol. The molecular weight excluding hydrogens is 158 g/mol. The van der Waals surface area contributed by atoms with E-state index < -0.39 is 0 Å². The van der Waals surface area contributed by atoms with Gasteiger partial charge in [-0.25, -0.2) is 0 Å². The molecule has 1 aliphatic heterocycles. The van der Waals surface area contributed by atoms with Crippen LogP contribution in [0, 0.1) is 5.92 Å². The first kappa shape index (κ1) is 8.44. The highest BCUT2D eigenvalue weighted by atomic mass is 32.1. The molecule has 0 fully saturated rings. The summed E-state index contributed by atoms with van der Waals surface area (Å²) in [7, 11) is 0. The molecule has 0 bridgehead atoms. The largest absolute Gasteiger partial charge is 0.352 e. The Bertz CT molecular complexity index is 236. The lowest BCUT2D eigenvalue weighted by Gasteiger charge is -2.11. The molecule has 0 amide bonds. The van der Waals surface area contributed by atoms with Crippen LogP contribution in [-0.4, -0.2) is 11.6 Å². The van der Waals surface area contributed by atoms with Crippen molar-refractivity contribution in [3.05, 3.63) is 17.4 Å². The Morgan fingerprint density at radius 2 is 2.45 bits per heavy atom. The van der Waals surface area contributed by atoms with Gasteiger partial charge < -0.3 is 4.84 Å². The molecule has 11 heavy (non-hydrogen) atoms. The molecule has 0 aromatic carbocycles. The Morgan fingerprint density at radius 3 is 2.91 bits per heavy atom. The maximum absolute atomic E-state index is 4.99. The van der Waals surface area contributed by atoms with Gasteiger partial charge in [0.2, 0.25) is 0 Å². The number of rotatable bonds is 2. The molecule has 0 spiro atoms. The van der Waals surface area contributed by atoms with Gasteiger partial charge in [0.15, 0.2) is 0 Å². The molecule has 0 unspecified atom stereocenters. The maximum atomic E-state index is 4.99. The highest BCUT2D eigenvalue weighted by Crippen LogP contribution is 2.19. The third-order valence-corrected chi connectivity index (χ3v) is 1.80. The van der Waals surface area contributed by atoms with E-state index in [4.69, 9.17) is 4.84 Å². The first-order valence-corrected chi connectivity index (χ1v) is 4.18. The van der Waals surface area contributed by atoms with E-state index in [1.165, 1.54) is 0 Å². The van der Waals surface area contributed by atoms with Crippen LogP contribution in [0.4, 0.5) is 0 Å². The Morgan fingerprint density at radius 1 is 1.73 bits per heavy atom. The first-order chi connectivity index (χ1) is 5.25. The molecule has 0 N–H and O–H groups in total. The van der Waals surface area contributed by atoms with E-state index in [9.17, 15) is 0 Å². The molecule has 1 aliphatic rings. The van der Waals surface area contributed by atoms with Crippen molar-refractivity contribution in [2.45, 2.75) is 13.8 Å². The lowest BCUT2D eigenvalue weighted by Crippen LogP contribution is -2.03. The fraction of sp³-hybridized carbons (Fsp3) is 0.500. The van der Waals surface area contributed by atoms with Gasteiger partial charge in [-0.05, 0) is 11.1 Å². The van der Waals surface area contributed by atoms with Crippen LogP contribution in [0.2, 0.25) is 0 Å². The highest BCUT2D eigenvalue weighted by Gasteiger charge is 2.10. The van der Waals surface area contributed by atoms with E-state index in [1.807, 2.05) is 6.08 Å². The number of allylic oxidation sites excluding steroid dienone is 2. The summed E-state index contributed by atoms with van der Waals surface area (Å²) in [5, 5.41) is 3.55. The summed E-state index contributed by atoms with van der Waals surface area (Å²) in [4.78, 5) is 4.99. The summed E-state index contributed by atoms with van der Waals surface area (Å²) < 4.78 is 0. The summed E-state index contributed by atoms with van der Waals surface area (Å²) >= 11 is 4.13. The summed E-state index contributed by atoms with van der Waals surface area (Å²) in [6.45, 7) is 4.21. The fourth-order valence-corrected chi connectivity index (χ4v) is 1.16. The third-order valence-electron chi connectivity index (χ3n) is 1.52. The average Bonchev–Trinajstić information content (AvgIpc) is 2.04. The van der Waals surface area contributed by atoms with Crippen LogP contribution in [0.25, 0.3) is 0 Å². The molecule has 0 aromatic heterocycles. The second kappa shape index (κ2) is 3.65. The van der Waals surface area contributed by atoms with Crippen molar-refractivity contribution in [3.8, 4) is 0 Å². The molecule has 0 atom stereocenters. The van der Waals surface area contributed by atoms with Gasteiger partial charge in [0, 0.05) is 17.5 Å². The summed E-state index contributed by atoms with van der Waals surface area (Å²) in [6, 6.07) is 0. The van der Waals surface area contributed by atoms with Crippen molar-refractivity contribution in [2.75, 3.05) is 5.75 Å². The highest BCUT2D eigenvalue weighted by molar-refractivity contribution is 7.80. The molecule has 0 saturated heterocycles. The lowest BCUT2D eigenvalue weighted by atomic mass is 10.0. The second-order valence-electron chi connectivity index (χ2n) is 2.65. The van der Waals surface area contributed by atoms with Crippen molar-refractivity contribution >= 4 is 18.5 Å². The van der Waals surface area contributed by atoms with Crippen LogP contribution < -0.4 is 0 Å². The molecule has 1 heterocycles. The van der Waals surface area contributed by atoms with Crippen LogP contribution >= 0.6 is 12.6 Å². The molecule has 60 valence electrons. The zero-order valence-electron chi connectivity index (χ0n) is 6.66. The quantitative estimate of drug-likeness (QED) is 0.627. The number of hydrogen-bond donors (Lipinski definition) is 1. The monoisotopic (exact) mass is 169 g/mol. The minimum atomic E-state index is 0.445. The van der Waals surface area contributed by atoms with E-state index in [-0.39, 0.29) is 0 Å². The second-order valence-corrected chi connectivity index (χ2v) is 2.96. The van der Waals surface area contributed by atoms with Gasteiger partial charge in [0.25, 0.3) is 0 Å². The van der Waals surface area contributed by atoms with Gasteiger partial charge >= 0.3 is 0 Å². The zero-order chi connectivity index (χ0) is 8.27. The van der Waals surface area contributed by atoms with E-state index in [2.05, 4.69) is 37.5 Å². The topological polar surface area (TPSA) is 21.6 Å². The predicted octanol–water partition coefficient (Wildman–Crippen LogP) is 2.00. The number of thiol groups is 1. The van der Waals surface area contributed by atoms with E-state index in [0.29, 0.717) is 11.7 Å². The van der Waals surface area contributed by atoms with Crippen LogP contribution in [0.3, 0.4) is 0 Å². The first-order valence-electron chi connectivity index (χ1n) is 3.55. The summed E-state index contributed by atoms with van der Waals surface area (Å²) in [5.74, 6) is 4.54.